The highest BCUT2D eigenvalue weighted by molar-refractivity contribution is 5.68. The Balaban J connectivity index is 2.65. The third-order valence-corrected chi connectivity index (χ3v) is 3.46. The Kier molecular flexibility index (Phi) is 4.13. The van der Waals surface area contributed by atoms with Crippen LogP contribution in [0.1, 0.15) is 45.9 Å². The van der Waals surface area contributed by atoms with Gasteiger partial charge in [0.1, 0.15) is 11.4 Å². The number of aromatic hydroxyl groups is 1. The molecule has 1 N–H and O–H groups in total. The van der Waals surface area contributed by atoms with E-state index in [1.54, 1.807) is 0 Å². The summed E-state index contributed by atoms with van der Waals surface area (Å²) in [7, 11) is 0. The summed E-state index contributed by atoms with van der Waals surface area (Å²) in [5, 5.41) is 15.4. The highest BCUT2D eigenvalue weighted by Crippen LogP contribution is 2.37. The van der Waals surface area contributed by atoms with E-state index in [0.29, 0.717) is 11.7 Å². The van der Waals surface area contributed by atoms with Crippen LogP contribution in [-0.2, 0) is 12.0 Å². The van der Waals surface area contributed by atoms with Crippen molar-refractivity contribution in [2.24, 2.45) is 5.92 Å². The van der Waals surface area contributed by atoms with E-state index >= 15 is 0 Å². The molecule has 114 valence electrons. The Morgan fingerprint density at radius 2 is 1.90 bits per heavy atom. The lowest BCUT2D eigenvalue weighted by atomic mass is 10.0. The van der Waals surface area contributed by atoms with Crippen molar-refractivity contribution >= 4 is 0 Å². The fourth-order valence-corrected chi connectivity index (χ4v) is 2.52. The fourth-order valence-electron chi connectivity index (χ4n) is 2.52. The molecule has 0 aliphatic rings. The number of benzene rings is 1. The maximum Gasteiger partial charge on any atom is 0.164 e. The van der Waals surface area contributed by atoms with Gasteiger partial charge in [-0.3, -0.25) is 4.68 Å². The van der Waals surface area contributed by atoms with Crippen molar-refractivity contribution in [3.05, 3.63) is 35.5 Å². The first-order valence-corrected chi connectivity index (χ1v) is 7.58. The van der Waals surface area contributed by atoms with Crippen LogP contribution in [0, 0.1) is 12.8 Å². The largest absolute Gasteiger partial charge is 0.504 e. The molecule has 1 aromatic carbocycles. The van der Waals surface area contributed by atoms with Gasteiger partial charge < -0.3 is 5.11 Å². The van der Waals surface area contributed by atoms with Crippen LogP contribution in [0.2, 0.25) is 0 Å². The molecule has 0 amide bonds. The molecular formula is C18H26N2O. The zero-order valence-corrected chi connectivity index (χ0v) is 13.9. The van der Waals surface area contributed by atoms with Gasteiger partial charge in [-0.2, -0.15) is 5.10 Å². The lowest BCUT2D eigenvalue weighted by Gasteiger charge is -2.22. The van der Waals surface area contributed by atoms with Crippen LogP contribution in [0.3, 0.4) is 0 Å². The molecule has 3 heteroatoms. The van der Waals surface area contributed by atoms with E-state index in [9.17, 15) is 5.11 Å². The molecule has 0 unspecified atom stereocenters. The van der Waals surface area contributed by atoms with Crippen LogP contribution in [0.4, 0.5) is 0 Å². The summed E-state index contributed by atoms with van der Waals surface area (Å²) in [4.78, 5) is 0. The molecule has 2 rings (SSSR count). The molecule has 0 fully saturated rings. The van der Waals surface area contributed by atoms with Gasteiger partial charge >= 0.3 is 0 Å². The van der Waals surface area contributed by atoms with E-state index in [0.717, 1.165) is 23.4 Å². The van der Waals surface area contributed by atoms with Gasteiger partial charge in [-0.05, 0) is 46.1 Å². The number of nitrogens with zero attached hydrogens (tertiary/aromatic N) is 2. The lowest BCUT2D eigenvalue weighted by Crippen LogP contribution is -2.24. The molecule has 0 aliphatic carbocycles. The number of hydrogen-bond acceptors (Lipinski definition) is 2. The van der Waals surface area contributed by atoms with Gasteiger partial charge in [0, 0.05) is 5.56 Å². The molecule has 0 aliphatic heterocycles. The fraction of sp³-hybridized carbons (Fsp3) is 0.500. The zero-order valence-electron chi connectivity index (χ0n) is 13.9. The standard InChI is InChI=1S/C18H26N2O/c1-12(2)10-15-17(21)16(20(19-15)18(4,5)6)14-9-7-8-13(3)11-14/h7-9,11-12,21H,10H2,1-6H3. The topological polar surface area (TPSA) is 38.1 Å². The smallest absolute Gasteiger partial charge is 0.164 e. The summed E-state index contributed by atoms with van der Waals surface area (Å²) in [6, 6.07) is 8.21. The van der Waals surface area contributed by atoms with Crippen molar-refractivity contribution in [3.8, 4) is 17.0 Å². The number of rotatable bonds is 3. The molecule has 0 saturated carbocycles. The summed E-state index contributed by atoms with van der Waals surface area (Å²) < 4.78 is 1.95. The van der Waals surface area contributed by atoms with Crippen molar-refractivity contribution in [2.75, 3.05) is 0 Å². The minimum atomic E-state index is -0.175. The Hall–Kier alpha value is -1.77. The van der Waals surface area contributed by atoms with Crippen LogP contribution >= 0.6 is 0 Å². The average Bonchev–Trinajstić information content (AvgIpc) is 2.66. The third-order valence-electron chi connectivity index (χ3n) is 3.46. The molecule has 1 heterocycles. The Morgan fingerprint density at radius 3 is 2.43 bits per heavy atom. The molecule has 0 radical (unpaired) electrons. The van der Waals surface area contributed by atoms with Crippen LogP contribution in [0.5, 0.6) is 5.75 Å². The van der Waals surface area contributed by atoms with Crippen LogP contribution in [-0.4, -0.2) is 14.9 Å². The highest BCUT2D eigenvalue weighted by Gasteiger charge is 2.26. The first-order chi connectivity index (χ1) is 9.70. The van der Waals surface area contributed by atoms with Gasteiger partial charge in [0.05, 0.1) is 5.54 Å². The van der Waals surface area contributed by atoms with Gasteiger partial charge in [-0.15, -0.1) is 0 Å². The second-order valence-corrected chi connectivity index (χ2v) is 7.19. The normalized spacial score (nSPS) is 12.1. The van der Waals surface area contributed by atoms with Gasteiger partial charge in [0.2, 0.25) is 0 Å². The number of aryl methyl sites for hydroxylation is 1. The van der Waals surface area contributed by atoms with E-state index in [1.165, 1.54) is 5.56 Å². The number of hydrogen-bond donors (Lipinski definition) is 1. The molecule has 0 spiro atoms. The van der Waals surface area contributed by atoms with Gasteiger partial charge in [0.15, 0.2) is 5.75 Å². The zero-order chi connectivity index (χ0) is 15.8. The molecule has 1 aromatic heterocycles. The van der Waals surface area contributed by atoms with Crippen LogP contribution in [0.15, 0.2) is 24.3 Å². The van der Waals surface area contributed by atoms with E-state index in [1.807, 2.05) is 16.8 Å². The lowest BCUT2D eigenvalue weighted by molar-refractivity contribution is 0.355. The average molecular weight is 286 g/mol. The van der Waals surface area contributed by atoms with E-state index in [2.05, 4.69) is 53.7 Å². The second-order valence-electron chi connectivity index (χ2n) is 7.19. The monoisotopic (exact) mass is 286 g/mol. The van der Waals surface area contributed by atoms with Crippen molar-refractivity contribution in [1.82, 2.24) is 9.78 Å². The van der Waals surface area contributed by atoms with Crippen molar-refractivity contribution < 1.29 is 5.11 Å². The van der Waals surface area contributed by atoms with Crippen molar-refractivity contribution in [3.63, 3.8) is 0 Å². The minimum Gasteiger partial charge on any atom is -0.504 e. The van der Waals surface area contributed by atoms with Crippen LogP contribution in [0.25, 0.3) is 11.3 Å². The maximum absolute atomic E-state index is 10.7. The minimum absolute atomic E-state index is 0.175. The predicted octanol–water partition coefficient (Wildman–Crippen LogP) is 4.52. The summed E-state index contributed by atoms with van der Waals surface area (Å²) >= 11 is 0. The first kappa shape index (κ1) is 15.6. The van der Waals surface area contributed by atoms with E-state index in [-0.39, 0.29) is 5.54 Å². The van der Waals surface area contributed by atoms with Crippen molar-refractivity contribution in [1.29, 1.82) is 0 Å². The predicted molar refractivity (Wildman–Crippen MR) is 87.6 cm³/mol. The third kappa shape index (κ3) is 3.29. The Bertz CT molecular complexity index is 633. The van der Waals surface area contributed by atoms with E-state index < -0.39 is 0 Å². The van der Waals surface area contributed by atoms with Gasteiger partial charge in [-0.1, -0.05) is 37.6 Å². The summed E-state index contributed by atoms with van der Waals surface area (Å²) in [6.45, 7) is 12.7. The summed E-state index contributed by atoms with van der Waals surface area (Å²) in [6.07, 6.45) is 0.785. The maximum atomic E-state index is 10.7. The quantitative estimate of drug-likeness (QED) is 0.901. The Labute approximate surface area is 127 Å². The highest BCUT2D eigenvalue weighted by atomic mass is 16.3. The first-order valence-electron chi connectivity index (χ1n) is 7.58. The van der Waals surface area contributed by atoms with Gasteiger partial charge in [0.25, 0.3) is 0 Å². The van der Waals surface area contributed by atoms with Gasteiger partial charge in [-0.25, -0.2) is 0 Å². The molecule has 0 bridgehead atoms. The molecular weight excluding hydrogens is 260 g/mol. The number of aromatic nitrogens is 2. The second kappa shape index (κ2) is 5.55. The molecule has 21 heavy (non-hydrogen) atoms. The van der Waals surface area contributed by atoms with E-state index in [4.69, 9.17) is 5.10 Å². The Morgan fingerprint density at radius 1 is 1.24 bits per heavy atom. The SMILES string of the molecule is Cc1cccc(-c2c(O)c(CC(C)C)nn2C(C)(C)C)c1. The molecule has 2 aromatic rings. The molecule has 0 atom stereocenters. The summed E-state index contributed by atoms with van der Waals surface area (Å²) in [5.41, 5.74) is 3.63. The van der Waals surface area contributed by atoms with Crippen LogP contribution < -0.4 is 0 Å². The van der Waals surface area contributed by atoms with Crippen molar-refractivity contribution in [2.45, 2.75) is 53.5 Å². The molecule has 0 saturated heterocycles. The summed E-state index contributed by atoms with van der Waals surface area (Å²) in [5.74, 6) is 0.786. The molecule has 3 nitrogen and oxygen atoms in total.